The first-order valence-electron chi connectivity index (χ1n) is 16.9. The van der Waals surface area contributed by atoms with E-state index >= 15 is 0 Å². The first kappa shape index (κ1) is 36.5. The molecule has 0 spiro atoms. The Balaban J connectivity index is 0.000000216. The number of nitrogens with one attached hydrogen (secondary N) is 2. The summed E-state index contributed by atoms with van der Waals surface area (Å²) < 4.78 is 1.17. The van der Waals surface area contributed by atoms with Crippen molar-refractivity contribution in [1.29, 1.82) is 0 Å². The second-order valence-corrected chi connectivity index (χ2v) is 17.7. The second-order valence-electron chi connectivity index (χ2n) is 16.5. The van der Waals surface area contributed by atoms with E-state index in [0.29, 0.717) is 24.7 Å². The number of halogens is 1. The Morgan fingerprint density at radius 3 is 1.30 bits per heavy atom. The molecule has 46 heavy (non-hydrogen) atoms. The summed E-state index contributed by atoms with van der Waals surface area (Å²) in [6, 6.07) is 26.5. The quantitative estimate of drug-likeness (QED) is 0.179. The molecule has 4 nitrogen and oxygen atoms in total. The molecular formula is C41H55IN2O2. The van der Waals surface area contributed by atoms with E-state index in [1.54, 1.807) is 0 Å². The number of piperidine rings is 2. The molecule has 3 aromatic carbocycles. The summed E-state index contributed by atoms with van der Waals surface area (Å²) in [7, 11) is 0. The van der Waals surface area contributed by atoms with Crippen LogP contribution in [0.1, 0.15) is 126 Å². The minimum absolute atomic E-state index is 0.0895. The van der Waals surface area contributed by atoms with Crippen LogP contribution in [0.4, 0.5) is 0 Å². The van der Waals surface area contributed by atoms with Crippen LogP contribution in [0.5, 0.6) is 0 Å². The molecule has 2 saturated heterocycles. The van der Waals surface area contributed by atoms with Crippen LogP contribution < -0.4 is 10.6 Å². The average Bonchev–Trinajstić information content (AvgIpc) is 2.91. The van der Waals surface area contributed by atoms with Crippen molar-refractivity contribution < 1.29 is 9.59 Å². The Hall–Kier alpha value is -2.35. The zero-order valence-corrected chi connectivity index (χ0v) is 31.5. The monoisotopic (exact) mass is 734 g/mol. The lowest BCUT2D eigenvalue weighted by Gasteiger charge is -2.46. The zero-order valence-electron chi connectivity index (χ0n) is 29.3. The summed E-state index contributed by atoms with van der Waals surface area (Å²) in [5, 5.41) is 7.36. The lowest BCUT2D eigenvalue weighted by atomic mass is 9.74. The minimum Gasteiger partial charge on any atom is -0.307 e. The van der Waals surface area contributed by atoms with Crippen LogP contribution in [0.3, 0.4) is 0 Å². The van der Waals surface area contributed by atoms with Crippen LogP contribution in [0.25, 0.3) is 0 Å². The van der Waals surface area contributed by atoms with Crippen LogP contribution in [0.2, 0.25) is 0 Å². The van der Waals surface area contributed by atoms with Crippen molar-refractivity contribution in [3.63, 3.8) is 0 Å². The molecule has 2 fully saturated rings. The predicted molar refractivity (Wildman–Crippen MR) is 201 cm³/mol. The smallest absolute Gasteiger partial charge is 0.163 e. The van der Waals surface area contributed by atoms with Gasteiger partial charge in [0.15, 0.2) is 11.6 Å². The molecule has 5 rings (SSSR count). The van der Waals surface area contributed by atoms with E-state index in [1.807, 2.05) is 42.5 Å². The van der Waals surface area contributed by atoms with E-state index in [-0.39, 0.29) is 33.7 Å². The van der Waals surface area contributed by atoms with Crippen molar-refractivity contribution in [2.45, 2.75) is 122 Å². The summed E-state index contributed by atoms with van der Waals surface area (Å²) in [4.78, 5) is 25.2. The van der Waals surface area contributed by atoms with Gasteiger partial charge in [-0.2, -0.15) is 0 Å². The van der Waals surface area contributed by atoms with Crippen LogP contribution in [0.15, 0.2) is 78.9 Å². The molecule has 0 radical (unpaired) electrons. The standard InChI is InChI=1S/C24H31NO.C17H24INO/c1-23(2)16-20(17-24(3,4)25-23)15-22(26)21-12-10-19(11-13-21)14-18-8-6-5-7-9-18;1-16(2)10-12(11-17(3,4)19-16)9-15(20)13-5-7-14(18)8-6-13/h5-13,20,25H,14-17H2,1-4H3;5-8,12,19H,9-11H2,1-4H3. The molecule has 0 aliphatic carbocycles. The highest BCUT2D eigenvalue weighted by Crippen LogP contribution is 2.36. The van der Waals surface area contributed by atoms with Gasteiger partial charge in [-0.3, -0.25) is 9.59 Å². The van der Waals surface area contributed by atoms with E-state index in [1.165, 1.54) is 14.7 Å². The van der Waals surface area contributed by atoms with E-state index in [4.69, 9.17) is 0 Å². The second kappa shape index (κ2) is 14.8. The maximum Gasteiger partial charge on any atom is 0.163 e. The van der Waals surface area contributed by atoms with Crippen LogP contribution in [-0.4, -0.2) is 33.7 Å². The van der Waals surface area contributed by atoms with Crippen molar-refractivity contribution in [2.24, 2.45) is 11.8 Å². The number of hydrogen-bond acceptors (Lipinski definition) is 4. The van der Waals surface area contributed by atoms with Crippen molar-refractivity contribution in [3.05, 3.63) is 105 Å². The van der Waals surface area contributed by atoms with Crippen molar-refractivity contribution in [3.8, 4) is 0 Å². The molecule has 2 heterocycles. The predicted octanol–water partition coefficient (Wildman–Crippen LogP) is 9.83. The Morgan fingerprint density at radius 1 is 0.565 bits per heavy atom. The van der Waals surface area contributed by atoms with Crippen LogP contribution in [-0.2, 0) is 6.42 Å². The molecule has 5 heteroatoms. The molecule has 2 N–H and O–H groups in total. The van der Waals surface area contributed by atoms with Crippen molar-refractivity contribution >= 4 is 34.2 Å². The third kappa shape index (κ3) is 11.4. The SMILES string of the molecule is CC1(C)CC(CC(=O)c2ccc(Cc3ccccc3)cc2)CC(C)(C)N1.CC1(C)CC(CC(=O)c2ccc(I)cc2)CC(C)(C)N1. The molecule has 0 unspecified atom stereocenters. The molecule has 0 bridgehead atoms. The third-order valence-electron chi connectivity index (χ3n) is 9.19. The van der Waals surface area contributed by atoms with Gasteiger partial charge in [0.1, 0.15) is 0 Å². The van der Waals surface area contributed by atoms with E-state index < -0.39 is 0 Å². The number of carbonyl (C=O) groups is 2. The van der Waals surface area contributed by atoms with Crippen LogP contribution >= 0.6 is 22.6 Å². The van der Waals surface area contributed by atoms with E-state index in [2.05, 4.69) is 125 Å². The van der Waals surface area contributed by atoms with Gasteiger partial charge < -0.3 is 10.6 Å². The van der Waals surface area contributed by atoms with Gasteiger partial charge in [-0.1, -0.05) is 66.7 Å². The normalized spacial score (nSPS) is 20.3. The van der Waals surface area contributed by atoms with Crippen molar-refractivity contribution in [1.82, 2.24) is 10.6 Å². The zero-order chi connectivity index (χ0) is 33.8. The molecule has 3 aromatic rings. The minimum atomic E-state index is 0.0895. The maximum atomic E-state index is 12.8. The van der Waals surface area contributed by atoms with Crippen LogP contribution in [0, 0.1) is 15.4 Å². The third-order valence-corrected chi connectivity index (χ3v) is 9.91. The van der Waals surface area contributed by atoms with Gasteiger partial charge in [0.2, 0.25) is 0 Å². The Labute approximate surface area is 292 Å². The number of Topliss-reactive ketones (excluding diaryl/α,β-unsaturated/α-hetero) is 2. The Morgan fingerprint density at radius 2 is 0.913 bits per heavy atom. The number of benzene rings is 3. The van der Waals surface area contributed by atoms with Gasteiger partial charge in [-0.05, 0) is 145 Å². The topological polar surface area (TPSA) is 58.2 Å². The summed E-state index contributed by atoms with van der Waals surface area (Å²) >= 11 is 2.26. The first-order valence-corrected chi connectivity index (χ1v) is 18.0. The molecule has 0 atom stereocenters. The highest BCUT2D eigenvalue weighted by atomic mass is 127. The molecular weight excluding hydrogens is 679 g/mol. The Bertz CT molecular complexity index is 1420. The molecule has 0 saturated carbocycles. The summed E-state index contributed by atoms with van der Waals surface area (Å²) in [5.74, 6) is 1.46. The fourth-order valence-corrected chi connectivity index (χ4v) is 8.75. The fourth-order valence-electron chi connectivity index (χ4n) is 8.39. The lowest BCUT2D eigenvalue weighted by molar-refractivity contribution is 0.0852. The highest BCUT2D eigenvalue weighted by Gasteiger charge is 2.39. The number of carbonyl (C=O) groups excluding carboxylic acids is 2. The lowest BCUT2D eigenvalue weighted by Crippen LogP contribution is -2.58. The summed E-state index contributed by atoms with van der Waals surface area (Å²) in [6.07, 6.45) is 6.44. The van der Waals surface area contributed by atoms with Gasteiger partial charge in [-0.15, -0.1) is 0 Å². The molecule has 0 aromatic heterocycles. The van der Waals surface area contributed by atoms with Crippen molar-refractivity contribution in [2.75, 3.05) is 0 Å². The summed E-state index contributed by atoms with van der Waals surface area (Å²) in [5.41, 5.74) is 4.63. The first-order chi connectivity index (χ1) is 21.4. The maximum absolute atomic E-state index is 12.8. The van der Waals surface area contributed by atoms with Gasteiger partial charge in [-0.25, -0.2) is 0 Å². The molecule has 2 aliphatic heterocycles. The average molecular weight is 735 g/mol. The molecule has 248 valence electrons. The van der Waals surface area contributed by atoms with E-state index in [0.717, 1.165) is 43.2 Å². The highest BCUT2D eigenvalue weighted by molar-refractivity contribution is 14.1. The molecule has 0 amide bonds. The molecule has 2 aliphatic rings. The van der Waals surface area contributed by atoms with E-state index in [9.17, 15) is 9.59 Å². The number of ketones is 2. The largest absolute Gasteiger partial charge is 0.307 e. The Kier molecular flexibility index (Phi) is 11.8. The van der Waals surface area contributed by atoms with Gasteiger partial charge in [0.25, 0.3) is 0 Å². The fraction of sp³-hybridized carbons (Fsp3) is 0.512. The van der Waals surface area contributed by atoms with Gasteiger partial charge in [0, 0.05) is 49.7 Å². The number of hydrogen-bond donors (Lipinski definition) is 2. The van der Waals surface area contributed by atoms with Gasteiger partial charge in [0.05, 0.1) is 0 Å². The number of rotatable bonds is 8. The van der Waals surface area contributed by atoms with Gasteiger partial charge >= 0.3 is 0 Å². The summed E-state index contributed by atoms with van der Waals surface area (Å²) in [6.45, 7) is 17.9.